The van der Waals surface area contributed by atoms with Gasteiger partial charge in [0.05, 0.1) is 0 Å². The monoisotopic (exact) mass is 173 g/mol. The van der Waals surface area contributed by atoms with E-state index in [4.69, 9.17) is 10.9 Å². The Morgan fingerprint density at radius 2 is 2.25 bits per heavy atom. The highest BCUT2D eigenvalue weighted by Gasteiger charge is 2.12. The van der Waals surface area contributed by atoms with Crippen molar-refractivity contribution in [2.75, 3.05) is 7.05 Å². The van der Waals surface area contributed by atoms with Gasteiger partial charge in [0.25, 0.3) is 0 Å². The lowest BCUT2D eigenvalue weighted by Gasteiger charge is -2.22. The number of amidine groups is 1. The molecule has 0 spiro atoms. The van der Waals surface area contributed by atoms with E-state index >= 15 is 0 Å². The van der Waals surface area contributed by atoms with Crippen LogP contribution in [0.2, 0.25) is 0 Å². The summed E-state index contributed by atoms with van der Waals surface area (Å²) in [5.41, 5.74) is 5.27. The van der Waals surface area contributed by atoms with E-state index in [0.29, 0.717) is 6.42 Å². The van der Waals surface area contributed by atoms with E-state index in [1.807, 2.05) is 6.92 Å². The van der Waals surface area contributed by atoms with Gasteiger partial charge >= 0.3 is 0 Å². The molecule has 70 valence electrons. The van der Waals surface area contributed by atoms with Crippen molar-refractivity contribution < 1.29 is 10.0 Å². The number of rotatable bonds is 3. The van der Waals surface area contributed by atoms with Crippen LogP contribution >= 0.6 is 0 Å². The maximum Gasteiger partial charge on any atom is 0.219 e. The Bertz CT molecular complexity index is 191. The molecule has 0 heterocycles. The van der Waals surface area contributed by atoms with Crippen LogP contribution in [-0.2, 0) is 4.79 Å². The Labute approximate surface area is 71.8 Å². The third-order valence-corrected chi connectivity index (χ3v) is 1.79. The molecule has 0 aromatic heterocycles. The standard InChI is InChI=1S/C7H15N3O2/c1-5(4-7(8)9-12)10(3)6(2)11/h5,12H,4H2,1-3H3,(H2,8,9). The molecule has 0 aromatic rings. The smallest absolute Gasteiger partial charge is 0.219 e. The molecule has 3 N–H and O–H groups in total. The summed E-state index contributed by atoms with van der Waals surface area (Å²) in [7, 11) is 1.68. The van der Waals surface area contributed by atoms with Crippen LogP contribution in [0.5, 0.6) is 0 Å². The molecular weight excluding hydrogens is 158 g/mol. The molecule has 0 bridgehead atoms. The molecule has 0 saturated heterocycles. The molecule has 12 heavy (non-hydrogen) atoms. The number of hydrogen-bond donors (Lipinski definition) is 2. The highest BCUT2D eigenvalue weighted by molar-refractivity contribution is 5.81. The molecule has 1 amide bonds. The van der Waals surface area contributed by atoms with E-state index in [1.165, 1.54) is 11.8 Å². The van der Waals surface area contributed by atoms with Crippen molar-refractivity contribution in [3.8, 4) is 0 Å². The van der Waals surface area contributed by atoms with Crippen LogP contribution < -0.4 is 5.73 Å². The van der Waals surface area contributed by atoms with Crippen LogP contribution in [0.1, 0.15) is 20.3 Å². The van der Waals surface area contributed by atoms with Crippen molar-refractivity contribution in [1.82, 2.24) is 4.90 Å². The molecule has 0 radical (unpaired) electrons. The fraction of sp³-hybridized carbons (Fsp3) is 0.714. The van der Waals surface area contributed by atoms with Crippen molar-refractivity contribution in [3.63, 3.8) is 0 Å². The van der Waals surface area contributed by atoms with Gasteiger partial charge in [-0.2, -0.15) is 0 Å². The molecule has 1 unspecified atom stereocenters. The van der Waals surface area contributed by atoms with Crippen LogP contribution in [0.15, 0.2) is 5.16 Å². The summed E-state index contributed by atoms with van der Waals surface area (Å²) >= 11 is 0. The van der Waals surface area contributed by atoms with Gasteiger partial charge in [-0.15, -0.1) is 0 Å². The number of nitrogens with zero attached hydrogens (tertiary/aromatic N) is 2. The first kappa shape index (κ1) is 10.7. The lowest BCUT2D eigenvalue weighted by Crippen LogP contribution is -2.36. The van der Waals surface area contributed by atoms with Crippen molar-refractivity contribution in [2.45, 2.75) is 26.3 Å². The largest absolute Gasteiger partial charge is 0.409 e. The van der Waals surface area contributed by atoms with Crippen molar-refractivity contribution >= 4 is 11.7 Å². The number of nitrogens with two attached hydrogens (primary N) is 1. The van der Waals surface area contributed by atoms with Crippen LogP contribution in [0.3, 0.4) is 0 Å². The second-order valence-electron chi connectivity index (χ2n) is 2.77. The van der Waals surface area contributed by atoms with Gasteiger partial charge in [0.15, 0.2) is 0 Å². The van der Waals surface area contributed by atoms with Gasteiger partial charge in [-0.25, -0.2) is 0 Å². The number of hydrogen-bond acceptors (Lipinski definition) is 3. The number of amides is 1. The summed E-state index contributed by atoms with van der Waals surface area (Å²) in [6, 6.07) is -0.0431. The fourth-order valence-corrected chi connectivity index (χ4v) is 0.791. The first-order chi connectivity index (χ1) is 5.49. The predicted octanol–water partition coefficient (Wildman–Crippen LogP) is -0.0103. The molecule has 0 rings (SSSR count). The number of carbonyl (C=O) groups excluding carboxylic acids is 1. The van der Waals surface area contributed by atoms with E-state index in [0.717, 1.165) is 0 Å². The topological polar surface area (TPSA) is 78.9 Å². The second-order valence-corrected chi connectivity index (χ2v) is 2.77. The fourth-order valence-electron chi connectivity index (χ4n) is 0.791. The Hall–Kier alpha value is -1.26. The second kappa shape index (κ2) is 4.58. The normalized spacial score (nSPS) is 14.1. The lowest BCUT2D eigenvalue weighted by atomic mass is 10.2. The van der Waals surface area contributed by atoms with E-state index in [2.05, 4.69) is 5.16 Å². The van der Waals surface area contributed by atoms with Gasteiger partial charge in [-0.3, -0.25) is 4.79 Å². The lowest BCUT2D eigenvalue weighted by molar-refractivity contribution is -0.129. The minimum atomic E-state index is -0.0431. The Kier molecular flexibility index (Phi) is 4.10. The Morgan fingerprint density at radius 3 is 2.58 bits per heavy atom. The van der Waals surface area contributed by atoms with Crippen molar-refractivity contribution in [1.29, 1.82) is 0 Å². The maximum atomic E-state index is 10.8. The van der Waals surface area contributed by atoms with Gasteiger partial charge in [0, 0.05) is 26.4 Å². The van der Waals surface area contributed by atoms with Gasteiger partial charge < -0.3 is 15.8 Å². The molecule has 5 nitrogen and oxygen atoms in total. The van der Waals surface area contributed by atoms with Gasteiger partial charge in [-0.1, -0.05) is 5.16 Å². The van der Waals surface area contributed by atoms with E-state index < -0.39 is 0 Å². The zero-order valence-electron chi connectivity index (χ0n) is 7.61. The molecule has 0 aliphatic heterocycles. The molecule has 5 heteroatoms. The van der Waals surface area contributed by atoms with E-state index in [-0.39, 0.29) is 17.8 Å². The number of carbonyl (C=O) groups is 1. The third-order valence-electron chi connectivity index (χ3n) is 1.79. The predicted molar refractivity (Wildman–Crippen MR) is 45.9 cm³/mol. The highest BCUT2D eigenvalue weighted by Crippen LogP contribution is 2.00. The summed E-state index contributed by atoms with van der Waals surface area (Å²) in [4.78, 5) is 12.4. The van der Waals surface area contributed by atoms with Gasteiger partial charge in [-0.05, 0) is 6.92 Å². The maximum absolute atomic E-state index is 10.8. The highest BCUT2D eigenvalue weighted by atomic mass is 16.4. The SMILES string of the molecule is CC(=O)N(C)C(C)CC(N)=NO. The van der Waals surface area contributed by atoms with Crippen LogP contribution in [0.4, 0.5) is 0 Å². The average molecular weight is 173 g/mol. The summed E-state index contributed by atoms with van der Waals surface area (Å²) in [5, 5.41) is 11.1. The Balaban J connectivity index is 4.03. The quantitative estimate of drug-likeness (QED) is 0.272. The summed E-state index contributed by atoms with van der Waals surface area (Å²) in [5.74, 6) is 0.101. The summed E-state index contributed by atoms with van der Waals surface area (Å²) in [6.07, 6.45) is 0.382. The van der Waals surface area contributed by atoms with E-state index in [9.17, 15) is 4.79 Å². The molecule has 0 saturated carbocycles. The third kappa shape index (κ3) is 3.23. The van der Waals surface area contributed by atoms with Gasteiger partial charge in [0.1, 0.15) is 5.84 Å². The molecule has 0 aromatic carbocycles. The molecular formula is C7H15N3O2. The summed E-state index contributed by atoms with van der Waals surface area (Å²) in [6.45, 7) is 3.31. The summed E-state index contributed by atoms with van der Waals surface area (Å²) < 4.78 is 0. The van der Waals surface area contributed by atoms with Gasteiger partial charge in [0.2, 0.25) is 5.91 Å². The van der Waals surface area contributed by atoms with Crippen LogP contribution in [0.25, 0.3) is 0 Å². The molecule has 0 fully saturated rings. The van der Waals surface area contributed by atoms with Crippen molar-refractivity contribution in [3.05, 3.63) is 0 Å². The first-order valence-corrected chi connectivity index (χ1v) is 3.68. The Morgan fingerprint density at radius 1 is 1.75 bits per heavy atom. The van der Waals surface area contributed by atoms with E-state index in [1.54, 1.807) is 7.05 Å². The molecule has 1 atom stereocenters. The van der Waals surface area contributed by atoms with Crippen LogP contribution in [0, 0.1) is 0 Å². The van der Waals surface area contributed by atoms with Crippen LogP contribution in [-0.4, -0.2) is 34.9 Å². The molecule has 0 aliphatic carbocycles. The first-order valence-electron chi connectivity index (χ1n) is 3.68. The minimum Gasteiger partial charge on any atom is -0.409 e. The minimum absolute atomic E-state index is 0.0340. The number of oxime groups is 1. The average Bonchev–Trinajstić information content (AvgIpc) is 2.02. The molecule has 0 aliphatic rings. The zero-order chi connectivity index (χ0) is 9.72. The zero-order valence-corrected chi connectivity index (χ0v) is 7.61. The van der Waals surface area contributed by atoms with Crippen molar-refractivity contribution in [2.24, 2.45) is 10.9 Å².